The molecule has 0 unspecified atom stereocenters. The van der Waals surface area contributed by atoms with Crippen molar-refractivity contribution in [1.29, 1.82) is 0 Å². The fourth-order valence-electron chi connectivity index (χ4n) is 2.75. The van der Waals surface area contributed by atoms with Gasteiger partial charge in [-0.1, -0.05) is 11.6 Å². The van der Waals surface area contributed by atoms with Crippen LogP contribution in [0.5, 0.6) is 0 Å². The van der Waals surface area contributed by atoms with E-state index in [1.165, 1.54) is 7.05 Å². The van der Waals surface area contributed by atoms with Gasteiger partial charge in [0.15, 0.2) is 17.5 Å². The molecular formula is C14H13ClN6O3. The van der Waals surface area contributed by atoms with Crippen LogP contribution in [0.3, 0.4) is 0 Å². The van der Waals surface area contributed by atoms with Gasteiger partial charge in [0, 0.05) is 7.05 Å². The van der Waals surface area contributed by atoms with Crippen molar-refractivity contribution in [2.75, 3.05) is 31.6 Å². The van der Waals surface area contributed by atoms with Crippen LogP contribution in [0, 0.1) is 0 Å². The number of aliphatic imine (C=N–C) groups is 2. The average molecular weight is 349 g/mol. The number of hydrogen-bond donors (Lipinski definition) is 1. The van der Waals surface area contributed by atoms with Crippen molar-refractivity contribution >= 4 is 46.8 Å². The zero-order chi connectivity index (χ0) is 16.8. The van der Waals surface area contributed by atoms with Gasteiger partial charge in [-0.25, -0.2) is 14.8 Å². The van der Waals surface area contributed by atoms with E-state index in [1.54, 1.807) is 17.0 Å². The van der Waals surface area contributed by atoms with Crippen LogP contribution < -0.4 is 10.2 Å². The molecule has 1 aromatic rings. The lowest BCUT2D eigenvalue weighted by molar-refractivity contribution is -0.115. The van der Waals surface area contributed by atoms with Crippen LogP contribution in [0.4, 0.5) is 16.3 Å². The number of anilines is 1. The molecule has 0 spiro atoms. The Bertz CT molecular complexity index is 802. The van der Waals surface area contributed by atoms with Crippen LogP contribution in [0.15, 0.2) is 22.1 Å². The summed E-state index contributed by atoms with van der Waals surface area (Å²) in [6, 6.07) is 3.40. The first-order valence-electron chi connectivity index (χ1n) is 7.33. The molecule has 0 aliphatic carbocycles. The average Bonchev–Trinajstić information content (AvgIpc) is 2.92. The van der Waals surface area contributed by atoms with Crippen LogP contribution in [0.25, 0.3) is 0 Å². The minimum Gasteiger partial charge on any atom is -0.442 e. The van der Waals surface area contributed by atoms with Crippen LogP contribution in [-0.4, -0.2) is 66.3 Å². The van der Waals surface area contributed by atoms with Gasteiger partial charge in [-0.2, -0.15) is 4.99 Å². The fourth-order valence-corrected chi connectivity index (χ4v) is 2.89. The lowest BCUT2D eigenvalue weighted by Gasteiger charge is -2.42. The molecule has 1 aromatic heterocycles. The van der Waals surface area contributed by atoms with Crippen molar-refractivity contribution in [3.05, 3.63) is 17.3 Å². The number of carbonyl (C=O) groups excluding carboxylic acids is 2. The van der Waals surface area contributed by atoms with E-state index < -0.39 is 6.09 Å². The van der Waals surface area contributed by atoms with Crippen molar-refractivity contribution in [2.45, 2.75) is 6.10 Å². The number of nitrogens with zero attached hydrogens (tertiary/aromatic N) is 5. The molecule has 4 heterocycles. The third-order valence-electron chi connectivity index (χ3n) is 3.91. The molecule has 1 saturated heterocycles. The molecule has 0 saturated carbocycles. The van der Waals surface area contributed by atoms with Crippen molar-refractivity contribution in [1.82, 2.24) is 15.2 Å². The standard InChI is InChI=1S/C14H13ClN6O3/c1-16-14(23)24-7-4-20(5-7)12-13-19-10(22)6-21(13)11-8(17-12)2-3-9(15)18-11/h2-3,7H,4-6H2,1H3,(H,16,23). The van der Waals surface area contributed by atoms with E-state index in [0.29, 0.717) is 41.4 Å². The minimum atomic E-state index is -0.468. The summed E-state index contributed by atoms with van der Waals surface area (Å²) in [5.74, 6) is 1.30. The Balaban J connectivity index is 1.61. The zero-order valence-electron chi connectivity index (χ0n) is 12.7. The van der Waals surface area contributed by atoms with Gasteiger partial charge in [0.2, 0.25) is 0 Å². The molecule has 0 bridgehead atoms. The van der Waals surface area contributed by atoms with Crippen molar-refractivity contribution in [3.63, 3.8) is 0 Å². The molecule has 0 atom stereocenters. The summed E-state index contributed by atoms with van der Waals surface area (Å²) in [5.41, 5.74) is 0.624. The predicted molar refractivity (Wildman–Crippen MR) is 87.0 cm³/mol. The maximum Gasteiger partial charge on any atom is 0.407 e. The maximum atomic E-state index is 11.8. The number of aromatic nitrogens is 1. The van der Waals surface area contributed by atoms with E-state index >= 15 is 0 Å². The second-order valence-corrected chi connectivity index (χ2v) is 5.90. The summed E-state index contributed by atoms with van der Waals surface area (Å²) < 4.78 is 5.18. The van der Waals surface area contributed by atoms with Gasteiger partial charge >= 0.3 is 6.09 Å². The Morgan fingerprint density at radius 1 is 1.33 bits per heavy atom. The largest absolute Gasteiger partial charge is 0.442 e. The Morgan fingerprint density at radius 2 is 2.12 bits per heavy atom. The summed E-state index contributed by atoms with van der Waals surface area (Å²) in [4.78, 5) is 39.5. The van der Waals surface area contributed by atoms with E-state index in [4.69, 9.17) is 16.3 Å². The number of rotatable bonds is 1. The molecule has 3 aliphatic heterocycles. The Kier molecular flexibility index (Phi) is 3.38. The monoisotopic (exact) mass is 348 g/mol. The molecule has 0 radical (unpaired) electrons. The molecule has 1 fully saturated rings. The number of amidine groups is 2. The summed E-state index contributed by atoms with van der Waals surface area (Å²) in [5, 5.41) is 2.74. The first kappa shape index (κ1) is 14.9. The maximum absolute atomic E-state index is 11.8. The lowest BCUT2D eigenvalue weighted by atomic mass is 10.1. The number of halogens is 1. The number of likely N-dealkylation sites (tertiary alicyclic amines) is 1. The fraction of sp³-hybridized carbons (Fsp3) is 0.357. The molecule has 3 aliphatic rings. The number of amides is 2. The Hall–Kier alpha value is -2.68. The molecule has 10 heteroatoms. The third-order valence-corrected chi connectivity index (χ3v) is 4.12. The molecule has 124 valence electrons. The summed E-state index contributed by atoms with van der Waals surface area (Å²) >= 11 is 5.95. The SMILES string of the molecule is CNC(=O)OC1CN(C2=Nc3ccc(Cl)nc3N3CC(=O)N=C23)C1. The number of alkyl carbamates (subject to hydrolysis) is 1. The van der Waals surface area contributed by atoms with Gasteiger partial charge in [0.05, 0.1) is 13.1 Å². The zero-order valence-corrected chi connectivity index (χ0v) is 13.4. The van der Waals surface area contributed by atoms with Crippen LogP contribution in [-0.2, 0) is 9.53 Å². The lowest BCUT2D eigenvalue weighted by Crippen LogP contribution is -2.59. The van der Waals surface area contributed by atoms with Crippen LogP contribution in [0.1, 0.15) is 0 Å². The third kappa shape index (κ3) is 2.37. The molecule has 1 N–H and O–H groups in total. The summed E-state index contributed by atoms with van der Waals surface area (Å²) in [7, 11) is 1.51. The van der Waals surface area contributed by atoms with Crippen molar-refractivity contribution < 1.29 is 14.3 Å². The number of fused-ring (bicyclic) bond motifs is 3. The van der Waals surface area contributed by atoms with Gasteiger partial charge in [-0.15, -0.1) is 0 Å². The summed E-state index contributed by atoms with van der Waals surface area (Å²) in [6.07, 6.45) is -0.687. The van der Waals surface area contributed by atoms with E-state index in [-0.39, 0.29) is 18.6 Å². The predicted octanol–water partition coefficient (Wildman–Crippen LogP) is 0.564. The smallest absolute Gasteiger partial charge is 0.407 e. The van der Waals surface area contributed by atoms with Gasteiger partial charge in [-0.05, 0) is 12.1 Å². The van der Waals surface area contributed by atoms with Gasteiger partial charge in [0.25, 0.3) is 5.91 Å². The van der Waals surface area contributed by atoms with E-state index in [0.717, 1.165) is 0 Å². The molecule has 24 heavy (non-hydrogen) atoms. The first-order chi connectivity index (χ1) is 11.5. The number of hydrogen-bond acceptors (Lipinski definition) is 7. The number of carbonyl (C=O) groups is 2. The highest BCUT2D eigenvalue weighted by atomic mass is 35.5. The first-order valence-corrected chi connectivity index (χ1v) is 7.71. The summed E-state index contributed by atoms with van der Waals surface area (Å²) in [6.45, 7) is 1.09. The molecule has 9 nitrogen and oxygen atoms in total. The van der Waals surface area contributed by atoms with Gasteiger partial charge in [-0.3, -0.25) is 9.69 Å². The highest BCUT2D eigenvalue weighted by Gasteiger charge is 2.41. The highest BCUT2D eigenvalue weighted by molar-refractivity contribution is 6.50. The number of ether oxygens (including phenoxy) is 1. The van der Waals surface area contributed by atoms with Crippen LogP contribution >= 0.6 is 11.6 Å². The van der Waals surface area contributed by atoms with Crippen LogP contribution in [0.2, 0.25) is 5.15 Å². The second-order valence-electron chi connectivity index (χ2n) is 5.51. The van der Waals surface area contributed by atoms with Gasteiger partial charge in [0.1, 0.15) is 23.5 Å². The van der Waals surface area contributed by atoms with E-state index in [2.05, 4.69) is 20.3 Å². The number of pyridine rings is 1. The molecule has 0 aromatic carbocycles. The topological polar surface area (TPSA) is 99.5 Å². The van der Waals surface area contributed by atoms with E-state index in [1.807, 2.05) is 4.90 Å². The Morgan fingerprint density at radius 3 is 2.88 bits per heavy atom. The molecular weight excluding hydrogens is 336 g/mol. The van der Waals surface area contributed by atoms with Gasteiger partial charge < -0.3 is 15.0 Å². The van der Waals surface area contributed by atoms with E-state index in [9.17, 15) is 9.59 Å². The quantitative estimate of drug-likeness (QED) is 0.745. The van der Waals surface area contributed by atoms with Crippen molar-refractivity contribution in [3.8, 4) is 0 Å². The normalized spacial score (nSPS) is 19.2. The number of nitrogens with one attached hydrogen (secondary N) is 1. The van der Waals surface area contributed by atoms with Crippen molar-refractivity contribution in [2.24, 2.45) is 9.98 Å². The second kappa shape index (κ2) is 5.45. The minimum absolute atomic E-state index is 0.112. The molecule has 2 amide bonds. The Labute approximate surface area is 142 Å². The highest BCUT2D eigenvalue weighted by Crippen LogP contribution is 2.35. The molecule has 4 rings (SSSR count).